The predicted molar refractivity (Wildman–Crippen MR) is 138 cm³/mol. The summed E-state index contributed by atoms with van der Waals surface area (Å²) in [5.41, 5.74) is 0.610. The maximum absolute atomic E-state index is 13.4. The van der Waals surface area contributed by atoms with Gasteiger partial charge in [-0.2, -0.15) is 13.2 Å². The van der Waals surface area contributed by atoms with Crippen LogP contribution in [0.3, 0.4) is 0 Å². The van der Waals surface area contributed by atoms with Gasteiger partial charge in [-0.05, 0) is 55.3 Å². The van der Waals surface area contributed by atoms with Crippen LogP contribution in [0.2, 0.25) is 25.7 Å². The van der Waals surface area contributed by atoms with Crippen LogP contribution in [0.15, 0.2) is 48.8 Å². The van der Waals surface area contributed by atoms with E-state index in [1.165, 1.54) is 17.9 Å². The predicted octanol–water partition coefficient (Wildman–Crippen LogP) is 5.69. The zero-order chi connectivity index (χ0) is 27.6. The van der Waals surface area contributed by atoms with Crippen LogP contribution in [0.4, 0.5) is 13.2 Å². The molecule has 7 nitrogen and oxygen atoms in total. The summed E-state index contributed by atoms with van der Waals surface area (Å²) in [5.74, 6) is 0.650. The van der Waals surface area contributed by atoms with Crippen molar-refractivity contribution in [3.63, 3.8) is 0 Å². The molecule has 0 bridgehead atoms. The number of carbonyl (C=O) groups excluding carboxylic acids is 1. The normalized spacial score (nSPS) is 14.8. The summed E-state index contributed by atoms with van der Waals surface area (Å²) in [5, 5.41) is 0. The zero-order valence-corrected chi connectivity index (χ0v) is 23.0. The number of nitrogens with zero attached hydrogens (tertiary/aromatic N) is 2. The Hall–Kier alpha value is -3.18. The van der Waals surface area contributed by atoms with Crippen LogP contribution >= 0.6 is 0 Å². The highest BCUT2D eigenvalue weighted by Crippen LogP contribution is 2.47. The topological polar surface area (TPSA) is 77.3 Å². The van der Waals surface area contributed by atoms with Crippen LogP contribution in [-0.2, 0) is 27.2 Å². The summed E-state index contributed by atoms with van der Waals surface area (Å²) >= 11 is 0. The average molecular weight is 549 g/mol. The summed E-state index contributed by atoms with van der Waals surface area (Å²) in [6.07, 6.45) is -0.431. The minimum Gasteiger partial charge on any atom is -0.492 e. The van der Waals surface area contributed by atoms with E-state index in [9.17, 15) is 18.0 Å². The van der Waals surface area contributed by atoms with Gasteiger partial charge in [0.2, 0.25) is 5.69 Å². The number of aromatic nitrogens is 3. The van der Waals surface area contributed by atoms with E-state index in [0.29, 0.717) is 23.6 Å². The van der Waals surface area contributed by atoms with Crippen LogP contribution in [-0.4, -0.2) is 44.3 Å². The highest BCUT2D eigenvalue weighted by Gasteiger charge is 2.52. The number of benzene rings is 1. The summed E-state index contributed by atoms with van der Waals surface area (Å²) in [7, 11) is 0.0631. The van der Waals surface area contributed by atoms with Crippen molar-refractivity contribution >= 4 is 14.0 Å². The Morgan fingerprint density at radius 2 is 1.79 bits per heavy atom. The lowest BCUT2D eigenvalue weighted by Gasteiger charge is -2.14. The van der Waals surface area contributed by atoms with Gasteiger partial charge in [0.15, 0.2) is 6.73 Å². The van der Waals surface area contributed by atoms with Crippen LogP contribution < -0.4 is 9.30 Å². The van der Waals surface area contributed by atoms with Gasteiger partial charge in [0, 0.05) is 26.4 Å². The maximum atomic E-state index is 13.4. The summed E-state index contributed by atoms with van der Waals surface area (Å²) in [6.45, 7) is 7.42. The lowest BCUT2D eigenvalue weighted by atomic mass is 10.1. The molecule has 2 heterocycles. The standard InChI is InChI=1S/C27H32F3N3O4Si/c1-35-25(34)26(11-12-26)17-37-21-8-5-19(6-9-21)22-10-7-20(15-31-22)24-32-23(27(28,29)30)16-33(24)18-36-13-14-38(2,3)4/h5-10,15-16H,11-14,17-18H2,1-4H3/p+1. The Morgan fingerprint density at radius 3 is 2.34 bits per heavy atom. The van der Waals surface area contributed by atoms with Gasteiger partial charge in [0.05, 0.1) is 18.4 Å². The molecule has 0 unspecified atom stereocenters. The number of H-pyrrole nitrogens is 1. The van der Waals surface area contributed by atoms with E-state index in [1.807, 2.05) is 12.1 Å². The molecule has 3 aromatic rings. The van der Waals surface area contributed by atoms with Gasteiger partial charge in [-0.1, -0.05) is 19.6 Å². The smallest absolute Gasteiger partial charge is 0.457 e. The number of halogens is 3. The van der Waals surface area contributed by atoms with Crippen molar-refractivity contribution in [2.45, 2.75) is 51.4 Å². The summed E-state index contributed by atoms with van der Waals surface area (Å²) in [6, 6.07) is 11.7. The average Bonchev–Trinajstić information content (AvgIpc) is 3.54. The molecule has 204 valence electrons. The molecule has 4 rings (SSSR count). The first-order valence-corrected chi connectivity index (χ1v) is 16.2. The molecule has 1 fully saturated rings. The fraction of sp³-hybridized carbons (Fsp3) is 0.444. The van der Waals surface area contributed by atoms with Gasteiger partial charge >= 0.3 is 12.1 Å². The van der Waals surface area contributed by atoms with Gasteiger partial charge in [0.1, 0.15) is 24.0 Å². The largest absolute Gasteiger partial charge is 0.492 e. The van der Waals surface area contributed by atoms with E-state index in [1.54, 1.807) is 24.3 Å². The number of pyridine rings is 1. The number of carbonyl (C=O) groups is 1. The van der Waals surface area contributed by atoms with Gasteiger partial charge in [-0.3, -0.25) is 9.78 Å². The lowest BCUT2D eigenvalue weighted by molar-refractivity contribution is -0.721. The Kier molecular flexibility index (Phi) is 7.98. The van der Waals surface area contributed by atoms with E-state index in [4.69, 9.17) is 14.2 Å². The van der Waals surface area contributed by atoms with Gasteiger partial charge in [-0.25, -0.2) is 9.55 Å². The van der Waals surface area contributed by atoms with Crippen molar-refractivity contribution in [3.8, 4) is 28.4 Å². The molecule has 0 radical (unpaired) electrons. The van der Waals surface area contributed by atoms with E-state index >= 15 is 0 Å². The fourth-order valence-corrected chi connectivity index (χ4v) is 4.66. The third-order valence-corrected chi connectivity index (χ3v) is 8.24. The number of alkyl halides is 3. The molecule has 0 saturated heterocycles. The highest BCUT2D eigenvalue weighted by molar-refractivity contribution is 6.76. The Balaban J connectivity index is 1.45. The number of esters is 1. The first-order valence-electron chi connectivity index (χ1n) is 12.5. The van der Waals surface area contributed by atoms with Gasteiger partial charge in [0.25, 0.3) is 5.82 Å². The quantitative estimate of drug-likeness (QED) is 0.144. The number of aromatic amines is 1. The van der Waals surface area contributed by atoms with Crippen LogP contribution in [0.25, 0.3) is 22.6 Å². The van der Waals surface area contributed by atoms with E-state index in [0.717, 1.165) is 30.6 Å². The van der Waals surface area contributed by atoms with Crippen molar-refractivity contribution in [2.75, 3.05) is 20.3 Å². The Morgan fingerprint density at radius 1 is 1.11 bits per heavy atom. The first-order chi connectivity index (χ1) is 17.9. The minimum absolute atomic E-state index is 0.00682. The highest BCUT2D eigenvalue weighted by atomic mass is 28.3. The molecule has 1 aliphatic carbocycles. The third-order valence-electron chi connectivity index (χ3n) is 6.53. The maximum Gasteiger partial charge on any atom is 0.457 e. The van der Waals surface area contributed by atoms with Crippen molar-refractivity contribution in [1.29, 1.82) is 0 Å². The molecule has 38 heavy (non-hydrogen) atoms. The second-order valence-corrected chi connectivity index (χ2v) is 16.5. The minimum atomic E-state index is -4.51. The Bertz CT molecular complexity index is 1250. The van der Waals surface area contributed by atoms with Crippen LogP contribution in [0.5, 0.6) is 5.75 Å². The SMILES string of the molecule is COC(=O)C1(COc2ccc(-c3ccc(-c4[nH]c(C(F)(F)F)c[n+]4COCC[Si](C)(C)C)cn3)cc2)CC1. The van der Waals surface area contributed by atoms with E-state index in [-0.39, 0.29) is 25.1 Å². The van der Waals surface area contributed by atoms with Crippen molar-refractivity contribution < 1.29 is 36.7 Å². The number of nitrogens with one attached hydrogen (secondary N) is 1. The number of imidazole rings is 1. The second kappa shape index (κ2) is 10.9. The molecule has 0 amide bonds. The number of ether oxygens (including phenoxy) is 3. The molecule has 1 aliphatic rings. The molecule has 0 atom stereocenters. The molecular weight excluding hydrogens is 515 g/mol. The monoisotopic (exact) mass is 548 g/mol. The summed E-state index contributed by atoms with van der Waals surface area (Å²) < 4.78 is 58.0. The molecule has 0 spiro atoms. The van der Waals surface area contributed by atoms with E-state index in [2.05, 4.69) is 29.6 Å². The summed E-state index contributed by atoms with van der Waals surface area (Å²) in [4.78, 5) is 18.8. The molecule has 2 aromatic heterocycles. The molecule has 11 heteroatoms. The lowest BCUT2D eigenvalue weighted by Crippen LogP contribution is -2.36. The first kappa shape index (κ1) is 27.8. The molecule has 0 aliphatic heterocycles. The number of methoxy groups -OCH3 is 1. The molecule has 1 N–H and O–H groups in total. The third kappa shape index (κ3) is 6.82. The van der Waals surface area contributed by atoms with Crippen molar-refractivity contribution in [1.82, 2.24) is 9.97 Å². The molecule has 1 aromatic carbocycles. The fourth-order valence-electron chi connectivity index (χ4n) is 3.90. The zero-order valence-electron chi connectivity index (χ0n) is 22.0. The van der Waals surface area contributed by atoms with Gasteiger partial charge in [-0.15, -0.1) is 0 Å². The van der Waals surface area contributed by atoms with Crippen LogP contribution in [0.1, 0.15) is 18.5 Å². The number of hydrogen-bond acceptors (Lipinski definition) is 5. The molecular formula is C27H33F3N3O4Si+. The number of hydrogen-bond donors (Lipinski definition) is 1. The van der Waals surface area contributed by atoms with Crippen molar-refractivity contribution in [2.24, 2.45) is 5.41 Å². The van der Waals surface area contributed by atoms with Gasteiger partial charge < -0.3 is 14.2 Å². The Labute approximate surface area is 221 Å². The second-order valence-electron chi connectivity index (χ2n) is 10.8. The number of rotatable bonds is 11. The van der Waals surface area contributed by atoms with E-state index < -0.39 is 25.4 Å². The van der Waals surface area contributed by atoms with Crippen molar-refractivity contribution in [3.05, 3.63) is 54.5 Å². The molecule has 1 saturated carbocycles. The van der Waals surface area contributed by atoms with Crippen LogP contribution in [0, 0.1) is 5.41 Å².